The topological polar surface area (TPSA) is 189 Å². The van der Waals surface area contributed by atoms with E-state index in [9.17, 15) is 19.5 Å². The van der Waals surface area contributed by atoms with E-state index in [-0.39, 0.29) is 50.0 Å². The molecule has 58 heavy (non-hydrogen) atoms. The molecule has 2 aromatic heterocycles. The fourth-order valence-electron chi connectivity index (χ4n) is 8.55. The van der Waals surface area contributed by atoms with Crippen molar-refractivity contribution in [3.63, 3.8) is 0 Å². The number of H-pyrrole nitrogens is 2. The van der Waals surface area contributed by atoms with Gasteiger partial charge in [-0.05, 0) is 86.6 Å². The lowest BCUT2D eigenvalue weighted by atomic mass is 9.84. The number of carbonyl (C=O) groups excluding carboxylic acids is 3. The van der Waals surface area contributed by atoms with Gasteiger partial charge < -0.3 is 35.0 Å². The first-order valence-electron chi connectivity index (χ1n) is 20.4. The number of morpholine rings is 1. The Kier molecular flexibility index (Phi) is 12.7. The summed E-state index contributed by atoms with van der Waals surface area (Å²) in [6.07, 6.45) is 5.00. The number of fused-ring (bicyclic) bond motifs is 8. The van der Waals surface area contributed by atoms with Crippen molar-refractivity contribution < 1.29 is 33.7 Å². The van der Waals surface area contributed by atoms with Crippen LogP contribution in [0.5, 0.6) is 0 Å². The van der Waals surface area contributed by atoms with Crippen molar-refractivity contribution >= 4 is 51.1 Å². The summed E-state index contributed by atoms with van der Waals surface area (Å²) in [7, 11) is 0. The van der Waals surface area contributed by atoms with Gasteiger partial charge in [0, 0.05) is 79.7 Å². The van der Waals surface area contributed by atoms with Gasteiger partial charge in [-0.2, -0.15) is 0 Å². The third-order valence-electron chi connectivity index (χ3n) is 11.9. The van der Waals surface area contributed by atoms with Crippen molar-refractivity contribution in [3.05, 3.63) is 81.2 Å². The highest BCUT2D eigenvalue weighted by Crippen LogP contribution is 2.44. The second-order valence-corrected chi connectivity index (χ2v) is 15.4. The second kappa shape index (κ2) is 17.9. The fourth-order valence-corrected chi connectivity index (χ4v) is 8.55. The Bertz CT molecular complexity index is 2260. The number of nitrogens with one attached hydrogen (secondary N) is 2. The van der Waals surface area contributed by atoms with Crippen LogP contribution in [0.2, 0.25) is 0 Å². The lowest BCUT2D eigenvalue weighted by Gasteiger charge is -2.31. The third-order valence-corrected chi connectivity index (χ3v) is 11.9. The second-order valence-electron chi connectivity index (χ2n) is 15.4. The van der Waals surface area contributed by atoms with E-state index in [0.29, 0.717) is 85.7 Å². The first-order valence-corrected chi connectivity index (χ1v) is 20.4. The molecular weight excluding hydrogens is 739 g/mol. The molecule has 0 saturated carbocycles. The summed E-state index contributed by atoms with van der Waals surface area (Å²) in [5, 5.41) is 10.0. The molecule has 5 aliphatic rings. The van der Waals surface area contributed by atoms with Gasteiger partial charge in [-0.3, -0.25) is 19.4 Å². The first-order chi connectivity index (χ1) is 28.1. The number of nitrogens with two attached hydrogens (primary N) is 1. The Morgan fingerprint density at radius 3 is 2.45 bits per heavy atom. The van der Waals surface area contributed by atoms with Crippen LogP contribution in [-0.4, -0.2) is 125 Å². The third kappa shape index (κ3) is 8.03. The molecule has 14 heteroatoms. The summed E-state index contributed by atoms with van der Waals surface area (Å²) >= 11 is 0. The van der Waals surface area contributed by atoms with Gasteiger partial charge in [0.1, 0.15) is 6.61 Å². The summed E-state index contributed by atoms with van der Waals surface area (Å²) < 4.78 is 16.3. The molecule has 2 amide bonds. The molecule has 2 atom stereocenters. The number of ether oxygens (including phenoxy) is 3. The van der Waals surface area contributed by atoms with E-state index in [1.54, 1.807) is 6.08 Å². The molecule has 308 valence electrons. The summed E-state index contributed by atoms with van der Waals surface area (Å²) in [4.78, 5) is 63.2. The first kappa shape index (κ1) is 41.2. The van der Waals surface area contributed by atoms with Crippen LogP contribution in [0.4, 0.5) is 0 Å². The molecule has 1 saturated heterocycles. The number of aliphatic hydroxyl groups excluding tert-OH is 1. The molecule has 8 bridgehead atoms. The number of amides is 2. The molecule has 0 spiro atoms. The Hall–Kier alpha value is -4.99. The number of allylic oxidation sites excluding steroid dienone is 5. The average molecular weight is 794 g/mol. The Morgan fingerprint density at radius 1 is 0.966 bits per heavy atom. The number of hydrogen-bond donors (Lipinski definition) is 4. The number of rotatable bonds is 14. The fraction of sp³-hybridized carbons (Fsp3) is 0.477. The van der Waals surface area contributed by atoms with Gasteiger partial charge in [-0.15, -0.1) is 0 Å². The minimum atomic E-state index is -0.502. The smallest absolute Gasteiger partial charge is 0.330 e. The predicted octanol–water partition coefficient (Wildman–Crippen LogP) is 5.28. The van der Waals surface area contributed by atoms with Crippen molar-refractivity contribution in [2.75, 3.05) is 72.4 Å². The van der Waals surface area contributed by atoms with Gasteiger partial charge in [-0.1, -0.05) is 13.8 Å². The van der Waals surface area contributed by atoms with Crippen LogP contribution in [0.15, 0.2) is 30.4 Å². The van der Waals surface area contributed by atoms with Crippen molar-refractivity contribution in [2.45, 2.75) is 65.7 Å². The van der Waals surface area contributed by atoms with E-state index >= 15 is 0 Å². The predicted molar refractivity (Wildman–Crippen MR) is 222 cm³/mol. The van der Waals surface area contributed by atoms with E-state index in [4.69, 9.17) is 29.9 Å². The summed E-state index contributed by atoms with van der Waals surface area (Å²) in [5.74, 6) is -1.42. The van der Waals surface area contributed by atoms with Gasteiger partial charge in [0.05, 0.1) is 65.8 Å². The Morgan fingerprint density at radius 2 is 1.71 bits per heavy atom. The van der Waals surface area contributed by atoms with Crippen LogP contribution in [0.25, 0.3) is 33.3 Å². The lowest BCUT2D eigenvalue weighted by molar-refractivity contribution is -0.139. The molecule has 5 N–H and O–H groups in total. The summed E-state index contributed by atoms with van der Waals surface area (Å²) in [5.41, 5.74) is 16.4. The maximum atomic E-state index is 14.9. The maximum Gasteiger partial charge on any atom is 0.330 e. The number of aryl methyl sites for hydroxylation is 1. The van der Waals surface area contributed by atoms with Crippen LogP contribution in [0, 0.1) is 6.92 Å². The van der Waals surface area contributed by atoms with Gasteiger partial charge in [0.15, 0.2) is 0 Å². The number of nitrogens with zero attached hydrogens (tertiary/aromatic N) is 4. The van der Waals surface area contributed by atoms with E-state index in [2.05, 4.69) is 28.7 Å². The number of aromatic amines is 2. The van der Waals surface area contributed by atoms with Crippen LogP contribution >= 0.6 is 0 Å². The minimum absolute atomic E-state index is 0.00413. The van der Waals surface area contributed by atoms with Crippen LogP contribution in [0.1, 0.15) is 119 Å². The summed E-state index contributed by atoms with van der Waals surface area (Å²) in [6.45, 7) is 14.8. The molecule has 0 radical (unpaired) electrons. The zero-order valence-electron chi connectivity index (χ0n) is 34.2. The molecule has 2 aromatic rings. The number of carbonyl (C=O) groups is 3. The average Bonchev–Trinajstić information content (AvgIpc) is 3.89. The van der Waals surface area contributed by atoms with Gasteiger partial charge in [0.2, 0.25) is 0 Å². The molecule has 0 aromatic carbocycles. The highest BCUT2D eigenvalue weighted by atomic mass is 16.6. The maximum absolute atomic E-state index is 14.9. The monoisotopic (exact) mass is 793 g/mol. The Labute approximate surface area is 338 Å². The van der Waals surface area contributed by atoms with E-state index in [1.165, 1.54) is 11.0 Å². The number of esters is 1. The highest BCUT2D eigenvalue weighted by molar-refractivity contribution is 6.23. The minimum Gasteiger partial charge on any atom is -0.460 e. The number of aromatic nitrogens is 4. The molecule has 7 heterocycles. The van der Waals surface area contributed by atoms with E-state index in [1.807, 2.05) is 39.0 Å². The molecule has 5 aliphatic heterocycles. The van der Waals surface area contributed by atoms with Crippen LogP contribution in [0.3, 0.4) is 0 Å². The van der Waals surface area contributed by atoms with Crippen molar-refractivity contribution in [2.24, 2.45) is 5.73 Å². The normalized spacial score (nSPS) is 19.2. The van der Waals surface area contributed by atoms with Gasteiger partial charge >= 0.3 is 5.97 Å². The van der Waals surface area contributed by atoms with Gasteiger partial charge in [-0.25, -0.2) is 14.8 Å². The van der Waals surface area contributed by atoms with Crippen molar-refractivity contribution in [1.82, 2.24) is 29.7 Å². The quantitative estimate of drug-likeness (QED) is 0.0844. The molecular formula is C44H55N7O7. The standard InChI is InChI=1S/C44H55N7O7/c1-6-29-25(2)33-23-37-30(9-10-38(53)58-21-20-56-17-11-45)26(3)32(47-37)22-34-27(4)31(8-7-16-52)41(48-34)40-42-39(28(5)35(49-42)24-36(29)46-33)43(54)51(44(40)55)13-12-50-14-18-57-19-15-50/h9-10,22-24,27,31,48-49,52H,6-8,11-21,45H2,1-5H3/b10-9+,34-22?,36-24?,37-23?,41-40?/t27-,31-/m0/s1. The molecule has 1 fully saturated rings. The van der Waals surface area contributed by atoms with Crippen LogP contribution in [-0.2, 0) is 19.0 Å². The molecule has 7 rings (SSSR count). The zero-order chi connectivity index (χ0) is 41.1. The lowest BCUT2D eigenvalue weighted by Crippen LogP contribution is -2.47. The molecule has 14 nitrogen and oxygen atoms in total. The largest absolute Gasteiger partial charge is 0.460 e. The highest BCUT2D eigenvalue weighted by Gasteiger charge is 2.40. The molecule has 0 unspecified atom stereocenters. The number of aliphatic hydroxyl groups is 1. The van der Waals surface area contributed by atoms with Gasteiger partial charge in [0.25, 0.3) is 11.8 Å². The number of imide groups is 1. The Balaban J connectivity index is 1.44. The van der Waals surface area contributed by atoms with E-state index in [0.717, 1.165) is 63.7 Å². The number of hydrogen-bond acceptors (Lipinski definition) is 11. The molecule has 0 aliphatic carbocycles. The van der Waals surface area contributed by atoms with Crippen molar-refractivity contribution in [1.29, 1.82) is 0 Å². The summed E-state index contributed by atoms with van der Waals surface area (Å²) in [6, 6.07) is 5.94. The SMILES string of the molecule is CCC1=C(C)c2cc3nc(cc4[nH]c(c5c6[nH]c(cc1n2)c(C)c6C(=O)N(CCN1CCOCC1)C5=O)[C@@H](CCCO)[C@@H]4C)C(C)=C3/C=C/C(=O)OCCOCCN. The van der Waals surface area contributed by atoms with Crippen molar-refractivity contribution in [3.8, 4) is 0 Å². The van der Waals surface area contributed by atoms with Crippen LogP contribution < -0.4 is 5.73 Å². The van der Waals surface area contributed by atoms with E-state index < -0.39 is 5.97 Å². The zero-order valence-corrected chi connectivity index (χ0v) is 34.2.